The Kier molecular flexibility index (Phi) is 8.93. The first-order chi connectivity index (χ1) is 15.2. The number of para-hydroxylation sites is 2. The smallest absolute Gasteiger partial charge is 0.261 e. The van der Waals surface area contributed by atoms with Crippen molar-refractivity contribution in [2.75, 3.05) is 20.8 Å². The number of methoxy groups -OCH3 is 2. The lowest BCUT2D eigenvalue weighted by molar-refractivity contribution is -0.143. The van der Waals surface area contributed by atoms with Gasteiger partial charge in [0.1, 0.15) is 11.8 Å². The summed E-state index contributed by atoms with van der Waals surface area (Å²) >= 11 is 0. The zero-order chi connectivity index (χ0) is 23.7. The van der Waals surface area contributed by atoms with Crippen molar-refractivity contribution in [3.8, 4) is 17.2 Å². The van der Waals surface area contributed by atoms with Crippen LogP contribution in [0.2, 0.25) is 0 Å². The standard InChI is InChI=1S/C25H34N2O5/c1-7-20(24(29)26-25(2,3)4)27(16-18-11-10-12-19(15-18)30-5)23(28)17-32-22-14-9-8-13-21(22)31-6/h8-15,20H,7,16-17H2,1-6H3,(H,26,29). The van der Waals surface area contributed by atoms with Gasteiger partial charge in [0.25, 0.3) is 5.91 Å². The first-order valence-electron chi connectivity index (χ1n) is 10.7. The lowest BCUT2D eigenvalue weighted by Gasteiger charge is -2.33. The molecule has 1 unspecified atom stereocenters. The Morgan fingerprint density at radius 1 is 1.00 bits per heavy atom. The van der Waals surface area contributed by atoms with E-state index in [1.54, 1.807) is 31.3 Å². The normalized spacial score (nSPS) is 11.9. The fourth-order valence-corrected chi connectivity index (χ4v) is 3.30. The molecule has 0 radical (unpaired) electrons. The fourth-order valence-electron chi connectivity index (χ4n) is 3.30. The van der Waals surface area contributed by atoms with Gasteiger partial charge >= 0.3 is 0 Å². The largest absolute Gasteiger partial charge is 0.497 e. The van der Waals surface area contributed by atoms with E-state index in [1.807, 2.05) is 64.1 Å². The van der Waals surface area contributed by atoms with Crippen LogP contribution in [0, 0.1) is 0 Å². The molecule has 7 heteroatoms. The third-order valence-corrected chi connectivity index (χ3v) is 4.79. The molecule has 0 fully saturated rings. The maximum atomic E-state index is 13.3. The molecular formula is C25H34N2O5. The molecule has 0 saturated carbocycles. The van der Waals surface area contributed by atoms with Crippen LogP contribution in [-0.2, 0) is 16.1 Å². The Morgan fingerprint density at radius 2 is 1.69 bits per heavy atom. The molecule has 0 aromatic heterocycles. The molecule has 0 bridgehead atoms. The summed E-state index contributed by atoms with van der Waals surface area (Å²) in [5, 5.41) is 2.99. The summed E-state index contributed by atoms with van der Waals surface area (Å²) in [6.07, 6.45) is 0.465. The van der Waals surface area contributed by atoms with Crippen LogP contribution in [0.4, 0.5) is 0 Å². The van der Waals surface area contributed by atoms with Gasteiger partial charge in [-0.1, -0.05) is 31.2 Å². The minimum Gasteiger partial charge on any atom is -0.497 e. The predicted molar refractivity (Wildman–Crippen MR) is 124 cm³/mol. The van der Waals surface area contributed by atoms with Gasteiger partial charge in [-0.15, -0.1) is 0 Å². The minimum atomic E-state index is -0.644. The van der Waals surface area contributed by atoms with Crippen LogP contribution in [0.1, 0.15) is 39.7 Å². The summed E-state index contributed by atoms with van der Waals surface area (Å²) in [5.74, 6) is 1.20. The quantitative estimate of drug-likeness (QED) is 0.606. The van der Waals surface area contributed by atoms with E-state index >= 15 is 0 Å². The fraction of sp³-hybridized carbons (Fsp3) is 0.440. The van der Waals surface area contributed by atoms with Crippen LogP contribution in [0.15, 0.2) is 48.5 Å². The molecule has 0 spiro atoms. The van der Waals surface area contributed by atoms with Crippen LogP contribution in [0.5, 0.6) is 17.2 Å². The van der Waals surface area contributed by atoms with E-state index < -0.39 is 11.6 Å². The lowest BCUT2D eigenvalue weighted by atomic mass is 10.1. The van der Waals surface area contributed by atoms with Crippen LogP contribution in [0.3, 0.4) is 0 Å². The average molecular weight is 443 g/mol. The van der Waals surface area contributed by atoms with Crippen molar-refractivity contribution in [3.05, 3.63) is 54.1 Å². The molecule has 7 nitrogen and oxygen atoms in total. The lowest BCUT2D eigenvalue weighted by Crippen LogP contribution is -2.54. The van der Waals surface area contributed by atoms with Crippen molar-refractivity contribution in [2.45, 2.75) is 52.2 Å². The number of carbonyl (C=O) groups excluding carboxylic acids is 2. The van der Waals surface area contributed by atoms with Gasteiger partial charge in [0.05, 0.1) is 14.2 Å². The Morgan fingerprint density at radius 3 is 2.28 bits per heavy atom. The molecule has 174 valence electrons. The Bertz CT molecular complexity index is 907. The molecule has 1 N–H and O–H groups in total. The van der Waals surface area contributed by atoms with Crippen molar-refractivity contribution in [1.29, 1.82) is 0 Å². The Hall–Kier alpha value is -3.22. The molecule has 1 atom stereocenters. The number of ether oxygens (including phenoxy) is 3. The van der Waals surface area contributed by atoms with E-state index in [1.165, 1.54) is 0 Å². The molecule has 2 rings (SSSR count). The third-order valence-electron chi connectivity index (χ3n) is 4.79. The number of carbonyl (C=O) groups is 2. The molecule has 0 aliphatic heterocycles. The van der Waals surface area contributed by atoms with E-state index in [9.17, 15) is 9.59 Å². The molecule has 32 heavy (non-hydrogen) atoms. The van der Waals surface area contributed by atoms with E-state index in [0.29, 0.717) is 23.7 Å². The van der Waals surface area contributed by atoms with Crippen LogP contribution in [-0.4, -0.2) is 49.1 Å². The van der Waals surface area contributed by atoms with E-state index in [0.717, 1.165) is 5.56 Å². The second-order valence-electron chi connectivity index (χ2n) is 8.48. The van der Waals surface area contributed by atoms with E-state index in [4.69, 9.17) is 14.2 Å². The van der Waals surface area contributed by atoms with Crippen molar-refractivity contribution < 1.29 is 23.8 Å². The summed E-state index contributed by atoms with van der Waals surface area (Å²) < 4.78 is 16.4. The number of hydrogen-bond donors (Lipinski definition) is 1. The van der Waals surface area contributed by atoms with Crippen LogP contribution >= 0.6 is 0 Å². The maximum absolute atomic E-state index is 13.3. The minimum absolute atomic E-state index is 0.200. The SMILES string of the molecule is CCC(C(=O)NC(C)(C)C)N(Cc1cccc(OC)c1)C(=O)COc1ccccc1OC. The van der Waals surface area contributed by atoms with E-state index in [-0.39, 0.29) is 25.0 Å². The molecule has 0 aliphatic carbocycles. The molecule has 0 heterocycles. The monoisotopic (exact) mass is 442 g/mol. The molecule has 0 aliphatic rings. The molecular weight excluding hydrogens is 408 g/mol. The van der Waals surface area contributed by atoms with Crippen LogP contribution < -0.4 is 19.5 Å². The predicted octanol–water partition coefficient (Wildman–Crippen LogP) is 3.80. The highest BCUT2D eigenvalue weighted by molar-refractivity contribution is 5.88. The van der Waals surface area contributed by atoms with Crippen molar-refractivity contribution >= 4 is 11.8 Å². The number of nitrogens with zero attached hydrogens (tertiary/aromatic N) is 1. The Balaban J connectivity index is 2.28. The first kappa shape index (κ1) is 25.0. The summed E-state index contributed by atoms with van der Waals surface area (Å²) in [6, 6.07) is 13.9. The van der Waals surface area contributed by atoms with Gasteiger partial charge in [-0.3, -0.25) is 9.59 Å². The van der Waals surface area contributed by atoms with Gasteiger partial charge in [0, 0.05) is 12.1 Å². The van der Waals surface area contributed by atoms with Gasteiger partial charge in [0.15, 0.2) is 18.1 Å². The highest BCUT2D eigenvalue weighted by Gasteiger charge is 2.31. The zero-order valence-corrected chi connectivity index (χ0v) is 19.8. The maximum Gasteiger partial charge on any atom is 0.261 e. The summed E-state index contributed by atoms with van der Waals surface area (Å²) in [4.78, 5) is 27.9. The molecule has 2 aromatic carbocycles. The first-order valence-corrected chi connectivity index (χ1v) is 10.7. The molecule has 2 aromatic rings. The highest BCUT2D eigenvalue weighted by atomic mass is 16.5. The zero-order valence-electron chi connectivity index (χ0n) is 19.8. The van der Waals surface area contributed by atoms with Crippen molar-refractivity contribution in [2.24, 2.45) is 0 Å². The number of rotatable bonds is 10. The average Bonchev–Trinajstić information content (AvgIpc) is 2.76. The summed E-state index contributed by atoms with van der Waals surface area (Å²) in [7, 11) is 3.14. The van der Waals surface area contributed by atoms with E-state index in [2.05, 4.69) is 5.32 Å². The molecule has 2 amide bonds. The summed E-state index contributed by atoms with van der Waals surface area (Å²) in [6.45, 7) is 7.66. The Labute approximate surface area is 190 Å². The van der Waals surface area contributed by atoms with Gasteiger partial charge in [-0.05, 0) is 57.0 Å². The number of hydrogen-bond acceptors (Lipinski definition) is 5. The topological polar surface area (TPSA) is 77.1 Å². The highest BCUT2D eigenvalue weighted by Crippen LogP contribution is 2.26. The van der Waals surface area contributed by atoms with Crippen LogP contribution in [0.25, 0.3) is 0 Å². The second kappa shape index (κ2) is 11.4. The molecule has 0 saturated heterocycles. The van der Waals surface area contributed by atoms with Gasteiger partial charge < -0.3 is 24.4 Å². The van der Waals surface area contributed by atoms with Gasteiger partial charge in [-0.2, -0.15) is 0 Å². The number of amides is 2. The second-order valence-corrected chi connectivity index (χ2v) is 8.48. The summed E-state index contributed by atoms with van der Waals surface area (Å²) in [5.41, 5.74) is 0.445. The van der Waals surface area contributed by atoms with Gasteiger partial charge in [0.2, 0.25) is 5.91 Å². The van der Waals surface area contributed by atoms with Crippen molar-refractivity contribution in [3.63, 3.8) is 0 Å². The number of nitrogens with one attached hydrogen (secondary N) is 1. The number of benzene rings is 2. The van der Waals surface area contributed by atoms with Crippen molar-refractivity contribution in [1.82, 2.24) is 10.2 Å². The van der Waals surface area contributed by atoms with Gasteiger partial charge in [-0.25, -0.2) is 0 Å². The third kappa shape index (κ3) is 7.18.